The molecule has 0 rings (SSSR count). The summed E-state index contributed by atoms with van der Waals surface area (Å²) in [5, 5.41) is 0. The molecule has 0 aliphatic heterocycles. The van der Waals surface area contributed by atoms with Crippen LogP contribution in [0.5, 0.6) is 0 Å². The van der Waals surface area contributed by atoms with Gasteiger partial charge in [-0.2, -0.15) is 0 Å². The van der Waals surface area contributed by atoms with Gasteiger partial charge in [0.25, 0.3) is 7.82 Å². The van der Waals surface area contributed by atoms with Gasteiger partial charge in [-0.1, -0.05) is 214 Å². The molecule has 0 saturated carbocycles. The molecule has 0 spiro atoms. The van der Waals surface area contributed by atoms with E-state index in [2.05, 4.69) is 98.9 Å². The second kappa shape index (κ2) is 51.1. The molecule has 0 aromatic carbocycles. The SMILES string of the molecule is CC/C=C\C/C=C\C/C=C\C/C=C\C/C=C\CCCCCC(=O)OC(COC(=O)CCCCCCCCCCCCCCCCC/C=C\C/C=C\CCCCCCC)COP(=O)([O-])OCC[N+](C)(C)C. The molecule has 0 aliphatic rings. The van der Waals surface area contributed by atoms with Crippen molar-refractivity contribution in [1.29, 1.82) is 0 Å². The van der Waals surface area contributed by atoms with Crippen LogP contribution in [0, 0.1) is 0 Å². The predicted octanol–water partition coefficient (Wildman–Crippen LogP) is 16.8. The Labute approximate surface area is 431 Å². The minimum absolute atomic E-state index is 0.0411. The first-order valence-electron chi connectivity index (χ1n) is 28.3. The molecule has 0 amide bonds. The van der Waals surface area contributed by atoms with Crippen LogP contribution in [-0.2, 0) is 32.7 Å². The number of nitrogens with zero attached hydrogens (tertiary/aromatic N) is 1. The van der Waals surface area contributed by atoms with E-state index < -0.39 is 32.5 Å². The summed E-state index contributed by atoms with van der Waals surface area (Å²) in [6, 6.07) is 0. The Balaban J connectivity index is 4.20. The zero-order chi connectivity index (χ0) is 51.3. The molecule has 0 aromatic heterocycles. The van der Waals surface area contributed by atoms with Gasteiger partial charge in [-0.15, -0.1) is 0 Å². The number of carbonyl (C=O) groups excluding carboxylic acids is 2. The molecule has 70 heavy (non-hydrogen) atoms. The van der Waals surface area contributed by atoms with Gasteiger partial charge in [0.15, 0.2) is 6.10 Å². The average Bonchev–Trinajstić information content (AvgIpc) is 3.32. The van der Waals surface area contributed by atoms with Gasteiger partial charge in [0.2, 0.25) is 0 Å². The Morgan fingerprint density at radius 3 is 1.23 bits per heavy atom. The van der Waals surface area contributed by atoms with Crippen LogP contribution in [0.2, 0.25) is 0 Å². The number of esters is 2. The molecule has 0 fully saturated rings. The first-order valence-corrected chi connectivity index (χ1v) is 29.8. The zero-order valence-electron chi connectivity index (χ0n) is 45.7. The summed E-state index contributed by atoms with van der Waals surface area (Å²) < 4.78 is 34.1. The normalized spacial score (nSPS) is 14.0. The van der Waals surface area contributed by atoms with Crippen molar-refractivity contribution in [1.82, 2.24) is 0 Å². The molecule has 0 N–H and O–H groups in total. The number of hydrogen-bond acceptors (Lipinski definition) is 8. The number of unbranched alkanes of at least 4 members (excludes halogenated alkanes) is 23. The van der Waals surface area contributed by atoms with E-state index in [1.54, 1.807) is 0 Å². The van der Waals surface area contributed by atoms with Crippen LogP contribution in [0.15, 0.2) is 85.1 Å². The first-order chi connectivity index (χ1) is 34.0. The molecular weight excluding hydrogens is 894 g/mol. The fourth-order valence-electron chi connectivity index (χ4n) is 7.54. The summed E-state index contributed by atoms with van der Waals surface area (Å²) in [5.74, 6) is -0.872. The van der Waals surface area contributed by atoms with E-state index in [0.717, 1.165) is 77.0 Å². The standard InChI is InChI=1S/C60H106NO8P/c1-6-8-10-12-14-16-18-20-22-24-26-27-28-29-30-31-32-33-35-36-38-40-42-44-46-48-50-52-59(62)66-56-58(57-68-70(64,65)67-55-54-61(3,4)5)69-60(63)53-51-49-47-45-43-41-39-37-34-25-23-21-19-17-15-13-11-9-7-2/h9,11,15,17-18,20-21,23-24,26,34,37,41,43,58H,6-8,10,12-14,16,19,22,25,27-33,35-36,38-40,42,44-57H2,1-5H3/b11-9-,17-15-,20-18-,23-21-,26-24-,37-34-,43-41-. The van der Waals surface area contributed by atoms with Crippen molar-refractivity contribution < 1.29 is 42.1 Å². The van der Waals surface area contributed by atoms with Gasteiger partial charge in [0.05, 0.1) is 27.7 Å². The number of quaternary nitrogens is 1. The summed E-state index contributed by atoms with van der Waals surface area (Å²) in [4.78, 5) is 37.8. The largest absolute Gasteiger partial charge is 0.756 e. The van der Waals surface area contributed by atoms with Crippen LogP contribution < -0.4 is 4.89 Å². The van der Waals surface area contributed by atoms with E-state index in [-0.39, 0.29) is 26.1 Å². The highest BCUT2D eigenvalue weighted by Gasteiger charge is 2.21. The Kier molecular flexibility index (Phi) is 49.1. The molecule has 9 nitrogen and oxygen atoms in total. The van der Waals surface area contributed by atoms with E-state index in [1.807, 2.05) is 21.1 Å². The van der Waals surface area contributed by atoms with Gasteiger partial charge >= 0.3 is 11.9 Å². The van der Waals surface area contributed by atoms with Crippen LogP contribution in [0.4, 0.5) is 0 Å². The van der Waals surface area contributed by atoms with Crippen molar-refractivity contribution in [2.45, 2.75) is 238 Å². The summed E-state index contributed by atoms with van der Waals surface area (Å²) in [7, 11) is 1.14. The van der Waals surface area contributed by atoms with E-state index in [9.17, 15) is 19.0 Å². The van der Waals surface area contributed by atoms with E-state index in [0.29, 0.717) is 17.4 Å². The molecule has 2 unspecified atom stereocenters. The highest BCUT2D eigenvalue weighted by atomic mass is 31.2. The number of rotatable bonds is 51. The highest BCUT2D eigenvalue weighted by molar-refractivity contribution is 7.45. The fraction of sp³-hybridized carbons (Fsp3) is 0.733. The van der Waals surface area contributed by atoms with Gasteiger partial charge in [0.1, 0.15) is 19.8 Å². The number of hydrogen-bond donors (Lipinski definition) is 0. The van der Waals surface area contributed by atoms with Crippen molar-refractivity contribution in [2.24, 2.45) is 0 Å². The number of likely N-dealkylation sites (N-methyl/N-ethyl adjacent to an activating group) is 1. The number of ether oxygens (including phenoxy) is 2. The maximum atomic E-state index is 12.8. The van der Waals surface area contributed by atoms with E-state index in [4.69, 9.17) is 18.5 Å². The number of phosphoric acid groups is 1. The second-order valence-corrected chi connectivity index (χ2v) is 21.3. The third-order valence-corrected chi connectivity index (χ3v) is 12.9. The van der Waals surface area contributed by atoms with Crippen LogP contribution in [0.1, 0.15) is 232 Å². The van der Waals surface area contributed by atoms with Gasteiger partial charge in [-0.25, -0.2) is 0 Å². The molecule has 404 valence electrons. The van der Waals surface area contributed by atoms with Gasteiger partial charge in [0, 0.05) is 12.8 Å². The molecule has 2 atom stereocenters. The van der Waals surface area contributed by atoms with Crippen LogP contribution in [-0.4, -0.2) is 70.0 Å². The lowest BCUT2D eigenvalue weighted by Crippen LogP contribution is -2.37. The Morgan fingerprint density at radius 2 is 0.814 bits per heavy atom. The number of phosphoric ester groups is 1. The van der Waals surface area contributed by atoms with Gasteiger partial charge in [-0.05, 0) is 89.9 Å². The smallest absolute Gasteiger partial charge is 0.306 e. The first kappa shape index (κ1) is 67.2. The van der Waals surface area contributed by atoms with Crippen molar-refractivity contribution in [3.8, 4) is 0 Å². The molecule has 0 saturated heterocycles. The fourth-order valence-corrected chi connectivity index (χ4v) is 8.26. The maximum absolute atomic E-state index is 12.8. The quantitative estimate of drug-likeness (QED) is 0.0195. The highest BCUT2D eigenvalue weighted by Crippen LogP contribution is 2.38. The monoisotopic (exact) mass is 1000 g/mol. The summed E-state index contributed by atoms with van der Waals surface area (Å²) in [5.41, 5.74) is 0. The summed E-state index contributed by atoms with van der Waals surface area (Å²) in [6.07, 6.45) is 67.7. The predicted molar refractivity (Wildman–Crippen MR) is 296 cm³/mol. The van der Waals surface area contributed by atoms with Crippen LogP contribution in [0.3, 0.4) is 0 Å². The number of carbonyl (C=O) groups is 2. The molecule has 0 aliphatic carbocycles. The summed E-state index contributed by atoms with van der Waals surface area (Å²) >= 11 is 0. The lowest BCUT2D eigenvalue weighted by molar-refractivity contribution is -0.870. The third kappa shape index (κ3) is 54.5. The zero-order valence-corrected chi connectivity index (χ0v) is 46.6. The topological polar surface area (TPSA) is 111 Å². The molecule has 0 bridgehead atoms. The Hall–Kier alpha value is -2.81. The third-order valence-electron chi connectivity index (χ3n) is 11.9. The van der Waals surface area contributed by atoms with Crippen molar-refractivity contribution in [3.63, 3.8) is 0 Å². The van der Waals surface area contributed by atoms with Crippen LogP contribution in [0.25, 0.3) is 0 Å². The van der Waals surface area contributed by atoms with Gasteiger partial charge in [-0.3, -0.25) is 14.2 Å². The van der Waals surface area contributed by atoms with Crippen molar-refractivity contribution in [2.75, 3.05) is 47.5 Å². The molecule has 10 heteroatoms. The minimum Gasteiger partial charge on any atom is -0.756 e. The number of allylic oxidation sites excluding steroid dienone is 14. The minimum atomic E-state index is -4.65. The van der Waals surface area contributed by atoms with Crippen molar-refractivity contribution in [3.05, 3.63) is 85.1 Å². The van der Waals surface area contributed by atoms with Gasteiger partial charge < -0.3 is 27.9 Å². The molecule has 0 heterocycles. The van der Waals surface area contributed by atoms with Crippen molar-refractivity contribution >= 4 is 19.8 Å². The second-order valence-electron chi connectivity index (χ2n) is 19.9. The lowest BCUT2D eigenvalue weighted by atomic mass is 10.0. The average molecular weight is 1000 g/mol. The molecule has 0 aromatic rings. The van der Waals surface area contributed by atoms with E-state index >= 15 is 0 Å². The molecule has 0 radical (unpaired) electrons. The van der Waals surface area contributed by atoms with Crippen LogP contribution >= 0.6 is 7.82 Å². The Bertz CT molecular complexity index is 1460. The summed E-state index contributed by atoms with van der Waals surface area (Å²) in [6.45, 7) is 4.08. The maximum Gasteiger partial charge on any atom is 0.306 e. The molecular formula is C60H106NO8P. The lowest BCUT2D eigenvalue weighted by Gasteiger charge is -2.28. The Morgan fingerprint density at radius 1 is 0.457 bits per heavy atom. The van der Waals surface area contributed by atoms with E-state index in [1.165, 1.54) is 122 Å².